The van der Waals surface area contributed by atoms with Crippen molar-refractivity contribution in [1.82, 2.24) is 0 Å². The molecule has 1 N–H and O–H groups in total. The highest BCUT2D eigenvalue weighted by atomic mass is 32.2. The third-order valence-electron chi connectivity index (χ3n) is 7.16. The van der Waals surface area contributed by atoms with Crippen molar-refractivity contribution in [3.8, 4) is 0 Å². The van der Waals surface area contributed by atoms with Crippen LogP contribution in [0.3, 0.4) is 0 Å². The number of hydrogen-bond acceptors (Lipinski definition) is 4. The molecule has 2 atom stereocenters. The first-order chi connectivity index (χ1) is 17.3. The molecule has 5 nitrogen and oxygen atoms in total. The molecule has 0 aliphatic heterocycles. The summed E-state index contributed by atoms with van der Waals surface area (Å²) in [5.41, 5.74) is 1.52. The fourth-order valence-electron chi connectivity index (χ4n) is 4.94. The molecule has 0 aromatic heterocycles. The van der Waals surface area contributed by atoms with Gasteiger partial charge in [0.05, 0.1) is 6.42 Å². The maximum absolute atomic E-state index is 11.7. The van der Waals surface area contributed by atoms with Crippen molar-refractivity contribution >= 4 is 23.6 Å². The van der Waals surface area contributed by atoms with Gasteiger partial charge in [-0.15, -0.1) is 4.91 Å². The summed E-state index contributed by atoms with van der Waals surface area (Å²) in [6, 6.07) is 20.0. The standard InChI is InChI=1S/C30H41NO4S/c1-29(23-27(32)31-35,25-15-7-3-8-16-25)19-11-5-13-21-36-22-14-6-12-20-30(2,24-28(33)34)26-17-9-4-10-18-26/h3-4,7-10,15-18H,5-6,11-14,19-24H2,1-2H3,(H,33,34). The number of thioether (sulfide) groups is 1. The number of carboxylic acids is 1. The average Bonchev–Trinajstić information content (AvgIpc) is 2.87. The monoisotopic (exact) mass is 511 g/mol. The summed E-state index contributed by atoms with van der Waals surface area (Å²) >= 11 is 1.98. The zero-order chi connectivity index (χ0) is 26.3. The molecule has 0 aliphatic carbocycles. The quantitative estimate of drug-likeness (QED) is 0.162. The van der Waals surface area contributed by atoms with Crippen molar-refractivity contribution in [2.45, 2.75) is 88.9 Å². The number of unbranched alkanes of at least 4 members (excludes halogenated alkanes) is 4. The van der Waals surface area contributed by atoms with E-state index in [1.165, 1.54) is 0 Å². The van der Waals surface area contributed by atoms with E-state index in [1.807, 2.05) is 72.4 Å². The Morgan fingerprint density at radius 1 is 0.722 bits per heavy atom. The summed E-state index contributed by atoms with van der Waals surface area (Å²) in [6.07, 6.45) is 8.61. The van der Waals surface area contributed by atoms with Gasteiger partial charge in [-0.25, -0.2) is 0 Å². The molecule has 2 rings (SSSR count). The number of hydrogen-bond donors (Lipinski definition) is 1. The molecule has 36 heavy (non-hydrogen) atoms. The lowest BCUT2D eigenvalue weighted by atomic mass is 9.75. The largest absolute Gasteiger partial charge is 0.481 e. The minimum Gasteiger partial charge on any atom is -0.481 e. The summed E-state index contributed by atoms with van der Waals surface area (Å²) in [4.78, 5) is 33.9. The van der Waals surface area contributed by atoms with E-state index in [2.05, 4.69) is 19.0 Å². The van der Waals surface area contributed by atoms with E-state index in [-0.39, 0.29) is 23.7 Å². The van der Waals surface area contributed by atoms with Gasteiger partial charge in [-0.1, -0.05) is 100 Å². The molecule has 196 valence electrons. The van der Waals surface area contributed by atoms with Crippen molar-refractivity contribution < 1.29 is 14.7 Å². The van der Waals surface area contributed by atoms with E-state index in [0.29, 0.717) is 0 Å². The number of nitrogens with zero attached hydrogens (tertiary/aromatic N) is 1. The van der Waals surface area contributed by atoms with Crippen LogP contribution in [0.25, 0.3) is 0 Å². The first-order valence-electron chi connectivity index (χ1n) is 13.1. The van der Waals surface area contributed by atoms with Gasteiger partial charge >= 0.3 is 5.97 Å². The molecular weight excluding hydrogens is 470 g/mol. The normalized spacial score (nSPS) is 14.5. The lowest BCUT2D eigenvalue weighted by Gasteiger charge is -2.29. The summed E-state index contributed by atoms with van der Waals surface area (Å²) in [5, 5.41) is 12.0. The molecule has 0 heterocycles. The molecule has 1 amide bonds. The topological polar surface area (TPSA) is 83.8 Å². The molecule has 0 saturated heterocycles. The van der Waals surface area contributed by atoms with Gasteiger partial charge in [-0.3, -0.25) is 9.59 Å². The lowest BCUT2D eigenvalue weighted by Crippen LogP contribution is -2.25. The molecule has 2 aromatic carbocycles. The predicted octanol–water partition coefficient (Wildman–Crippen LogP) is 7.91. The number of carbonyl (C=O) groups excluding carboxylic acids is 1. The van der Waals surface area contributed by atoms with Crippen molar-refractivity contribution in [2.24, 2.45) is 5.18 Å². The number of amides is 1. The van der Waals surface area contributed by atoms with Crippen molar-refractivity contribution in [2.75, 3.05) is 11.5 Å². The van der Waals surface area contributed by atoms with Crippen LogP contribution in [-0.4, -0.2) is 28.5 Å². The minimum atomic E-state index is -0.743. The molecule has 2 unspecified atom stereocenters. The summed E-state index contributed by atoms with van der Waals surface area (Å²) in [7, 11) is 0. The van der Waals surface area contributed by atoms with Crippen LogP contribution in [0.2, 0.25) is 0 Å². The lowest BCUT2D eigenvalue weighted by molar-refractivity contribution is -0.138. The summed E-state index contributed by atoms with van der Waals surface area (Å²) in [5.74, 6) is 0.928. The highest BCUT2D eigenvalue weighted by molar-refractivity contribution is 7.99. The molecule has 2 aromatic rings. The van der Waals surface area contributed by atoms with E-state index in [1.54, 1.807) is 0 Å². The second-order valence-electron chi connectivity index (χ2n) is 10.3. The smallest absolute Gasteiger partial charge is 0.304 e. The van der Waals surface area contributed by atoms with Crippen LogP contribution in [0.4, 0.5) is 0 Å². The Bertz CT molecular complexity index is 936. The highest BCUT2D eigenvalue weighted by Gasteiger charge is 2.30. The first-order valence-corrected chi connectivity index (χ1v) is 14.2. The minimum absolute atomic E-state index is 0.158. The second kappa shape index (κ2) is 15.6. The van der Waals surface area contributed by atoms with E-state index in [9.17, 15) is 19.6 Å². The van der Waals surface area contributed by atoms with Gasteiger partial charge in [0.2, 0.25) is 0 Å². The molecule has 0 fully saturated rings. The van der Waals surface area contributed by atoms with Gasteiger partial charge in [0.15, 0.2) is 0 Å². The Hall–Kier alpha value is -2.47. The van der Waals surface area contributed by atoms with Crippen LogP contribution in [0.5, 0.6) is 0 Å². The third-order valence-corrected chi connectivity index (χ3v) is 8.32. The zero-order valence-electron chi connectivity index (χ0n) is 21.8. The third kappa shape index (κ3) is 10.3. The molecule has 0 spiro atoms. The Labute approximate surface area is 220 Å². The SMILES string of the molecule is CC(CCCCCSCCCCCC(C)(CC(=O)N=O)c1ccccc1)(CC(=O)O)c1ccccc1. The second-order valence-corrected chi connectivity index (χ2v) is 11.5. The maximum atomic E-state index is 11.7. The van der Waals surface area contributed by atoms with Gasteiger partial charge in [0.25, 0.3) is 5.91 Å². The van der Waals surface area contributed by atoms with Crippen LogP contribution < -0.4 is 0 Å². The van der Waals surface area contributed by atoms with Crippen molar-refractivity contribution in [1.29, 1.82) is 0 Å². The Morgan fingerprint density at radius 3 is 1.58 bits per heavy atom. The number of carbonyl (C=O) groups is 2. The zero-order valence-corrected chi connectivity index (χ0v) is 22.6. The van der Waals surface area contributed by atoms with Crippen molar-refractivity contribution in [3.63, 3.8) is 0 Å². The molecule has 0 saturated carbocycles. The number of nitroso groups, excluding NO2 is 1. The van der Waals surface area contributed by atoms with Crippen LogP contribution in [0.15, 0.2) is 65.8 Å². The van der Waals surface area contributed by atoms with Gasteiger partial charge in [-0.05, 0) is 48.3 Å². The Morgan fingerprint density at radius 2 is 1.17 bits per heavy atom. The highest BCUT2D eigenvalue weighted by Crippen LogP contribution is 2.35. The molecule has 0 bridgehead atoms. The van der Waals surface area contributed by atoms with E-state index in [0.717, 1.165) is 74.0 Å². The number of benzene rings is 2. The van der Waals surface area contributed by atoms with Gasteiger partial charge in [0.1, 0.15) is 0 Å². The fraction of sp³-hybridized carbons (Fsp3) is 0.533. The maximum Gasteiger partial charge on any atom is 0.304 e. The summed E-state index contributed by atoms with van der Waals surface area (Å²) < 4.78 is 0. The van der Waals surface area contributed by atoms with Gasteiger partial charge in [-0.2, -0.15) is 11.8 Å². The molecule has 0 radical (unpaired) electrons. The average molecular weight is 512 g/mol. The summed E-state index contributed by atoms with van der Waals surface area (Å²) in [6.45, 7) is 4.12. The molecular formula is C30H41NO4S. The number of aliphatic carboxylic acids is 1. The molecule has 0 aliphatic rings. The van der Waals surface area contributed by atoms with Gasteiger partial charge in [0, 0.05) is 22.4 Å². The number of rotatable bonds is 18. The first kappa shape index (κ1) is 29.8. The van der Waals surface area contributed by atoms with E-state index >= 15 is 0 Å². The molecule has 6 heteroatoms. The number of carboxylic acid groups (broad SMARTS) is 1. The fourth-order valence-corrected chi connectivity index (χ4v) is 5.97. The van der Waals surface area contributed by atoms with E-state index in [4.69, 9.17) is 0 Å². The van der Waals surface area contributed by atoms with E-state index < -0.39 is 11.9 Å². The van der Waals surface area contributed by atoms with Crippen molar-refractivity contribution in [3.05, 3.63) is 76.7 Å². The predicted molar refractivity (Wildman–Crippen MR) is 150 cm³/mol. The van der Waals surface area contributed by atoms with Crippen LogP contribution in [0, 0.1) is 4.91 Å². The van der Waals surface area contributed by atoms with Crippen LogP contribution in [-0.2, 0) is 20.4 Å². The van der Waals surface area contributed by atoms with Gasteiger partial charge < -0.3 is 5.11 Å². The Balaban J connectivity index is 1.62. The Kier molecular flexibility index (Phi) is 12.9. The van der Waals surface area contributed by atoms with Crippen LogP contribution in [0.1, 0.15) is 89.2 Å². The van der Waals surface area contributed by atoms with Crippen LogP contribution >= 0.6 is 11.8 Å².